The van der Waals surface area contributed by atoms with Gasteiger partial charge in [-0.2, -0.15) is 0 Å². The highest BCUT2D eigenvalue weighted by Gasteiger charge is 2.66. The van der Waals surface area contributed by atoms with Crippen molar-refractivity contribution in [2.24, 2.45) is 34.5 Å². The molecule has 35 heavy (non-hydrogen) atoms. The summed E-state index contributed by atoms with van der Waals surface area (Å²) in [4.78, 5) is 14.6. The van der Waals surface area contributed by atoms with Gasteiger partial charge >= 0.3 is 0 Å². The van der Waals surface area contributed by atoms with Crippen LogP contribution in [0, 0.1) is 34.5 Å². The minimum Gasteiger partial charge on any atom is -0.389 e. The molecule has 0 spiro atoms. The number of allylic oxidation sites excluding steroid dienone is 1. The van der Waals surface area contributed by atoms with E-state index in [1.807, 2.05) is 6.08 Å². The van der Waals surface area contributed by atoms with E-state index in [4.69, 9.17) is 0 Å². The van der Waals surface area contributed by atoms with Crippen LogP contribution in [0.15, 0.2) is 35.9 Å². The number of aliphatic hydroxyl groups is 1. The van der Waals surface area contributed by atoms with Crippen molar-refractivity contribution in [2.75, 3.05) is 19.0 Å². The molecule has 3 nitrogen and oxygen atoms in total. The molecule has 0 bridgehead atoms. The molecule has 0 amide bonds. The van der Waals surface area contributed by atoms with Crippen LogP contribution in [0.4, 0.5) is 5.69 Å². The number of carbonyl (C=O) groups is 1. The molecule has 0 radical (unpaired) electrons. The van der Waals surface area contributed by atoms with Crippen molar-refractivity contribution in [1.82, 2.24) is 0 Å². The predicted molar refractivity (Wildman–Crippen MR) is 145 cm³/mol. The predicted octanol–water partition coefficient (Wildman–Crippen LogP) is 7.15. The summed E-state index contributed by atoms with van der Waals surface area (Å²) in [6.45, 7) is 9.49. The minimum absolute atomic E-state index is 0.0456. The highest BCUT2D eigenvalue weighted by atomic mass is 16.3. The van der Waals surface area contributed by atoms with E-state index in [-0.39, 0.29) is 10.8 Å². The van der Waals surface area contributed by atoms with Crippen molar-refractivity contribution in [3.05, 3.63) is 41.5 Å². The lowest BCUT2D eigenvalue weighted by Gasteiger charge is -2.62. The summed E-state index contributed by atoms with van der Waals surface area (Å²) in [5, 5.41) is 12.2. The van der Waals surface area contributed by atoms with E-state index >= 15 is 0 Å². The monoisotopic (exact) mass is 477 g/mol. The van der Waals surface area contributed by atoms with Gasteiger partial charge in [-0.25, -0.2) is 0 Å². The zero-order valence-corrected chi connectivity index (χ0v) is 22.9. The standard InChI is InChI=1S/C32H47NO2/c1-21(2)13-17-32(35)18-15-28-26-12-9-23-19-25(34)14-16-30(23,3)29(26)27(20-31(28,32)4)22-7-10-24(11-8-22)33(5)6/h7-8,10-11,19,21,26-29,35H,9,12-18,20H2,1-6H3/t26-,27+,28-,29?,30-,31-,32-/m0/s1. The first-order chi connectivity index (χ1) is 16.5. The van der Waals surface area contributed by atoms with E-state index in [0.717, 1.165) is 44.9 Å². The van der Waals surface area contributed by atoms with Gasteiger partial charge in [0.15, 0.2) is 5.78 Å². The molecule has 3 fully saturated rings. The molecule has 1 aromatic rings. The molecule has 5 rings (SSSR count). The fourth-order valence-electron chi connectivity index (χ4n) is 9.12. The normalized spacial score (nSPS) is 40.7. The summed E-state index contributed by atoms with van der Waals surface area (Å²) in [7, 11) is 4.20. The molecule has 0 heterocycles. The van der Waals surface area contributed by atoms with E-state index in [1.54, 1.807) is 0 Å². The zero-order chi connectivity index (χ0) is 25.2. The Labute approximate surface area is 213 Å². The molecular weight excluding hydrogens is 430 g/mol. The summed E-state index contributed by atoms with van der Waals surface area (Å²) in [5.74, 6) is 3.11. The van der Waals surface area contributed by atoms with Gasteiger partial charge in [0.05, 0.1) is 5.60 Å². The van der Waals surface area contributed by atoms with Crippen molar-refractivity contribution in [3.8, 4) is 0 Å². The Kier molecular flexibility index (Phi) is 6.27. The van der Waals surface area contributed by atoms with Gasteiger partial charge in [0.2, 0.25) is 0 Å². The maximum Gasteiger partial charge on any atom is 0.155 e. The van der Waals surface area contributed by atoms with Crippen molar-refractivity contribution in [1.29, 1.82) is 0 Å². The Morgan fingerprint density at radius 2 is 1.77 bits per heavy atom. The molecular formula is C32H47NO2. The third-order valence-corrected chi connectivity index (χ3v) is 11.2. The summed E-state index contributed by atoms with van der Waals surface area (Å²) >= 11 is 0. The minimum atomic E-state index is -0.561. The average molecular weight is 478 g/mol. The number of hydrogen-bond donors (Lipinski definition) is 1. The van der Waals surface area contributed by atoms with Crippen LogP contribution in [0.2, 0.25) is 0 Å². The number of hydrogen-bond acceptors (Lipinski definition) is 3. The molecule has 4 aliphatic carbocycles. The lowest BCUT2D eigenvalue weighted by molar-refractivity contribution is -0.141. The molecule has 0 aliphatic heterocycles. The van der Waals surface area contributed by atoms with Crippen LogP contribution in [0.25, 0.3) is 0 Å². The lowest BCUT2D eigenvalue weighted by Crippen LogP contribution is -2.57. The van der Waals surface area contributed by atoms with Crippen LogP contribution in [0.3, 0.4) is 0 Å². The van der Waals surface area contributed by atoms with Crippen LogP contribution in [0.1, 0.15) is 97.0 Å². The Bertz CT molecular complexity index is 993. The fourth-order valence-corrected chi connectivity index (χ4v) is 9.12. The van der Waals surface area contributed by atoms with E-state index in [9.17, 15) is 9.90 Å². The van der Waals surface area contributed by atoms with Crippen LogP contribution in [0.5, 0.6) is 0 Å². The van der Waals surface area contributed by atoms with Crippen molar-refractivity contribution < 1.29 is 9.90 Å². The summed E-state index contributed by atoms with van der Waals surface area (Å²) in [6, 6.07) is 9.26. The third-order valence-electron chi connectivity index (χ3n) is 11.2. The van der Waals surface area contributed by atoms with Crippen LogP contribution in [-0.2, 0) is 4.79 Å². The summed E-state index contributed by atoms with van der Waals surface area (Å²) in [6.07, 6.45) is 11.1. The first kappa shape index (κ1) is 25.1. The van der Waals surface area contributed by atoms with E-state index in [2.05, 4.69) is 71.0 Å². The van der Waals surface area contributed by atoms with E-state index < -0.39 is 5.60 Å². The second-order valence-corrected chi connectivity index (χ2v) is 13.6. The maximum absolute atomic E-state index is 12.4. The van der Waals surface area contributed by atoms with Gasteiger partial charge in [0.1, 0.15) is 0 Å². The van der Waals surface area contributed by atoms with Crippen LogP contribution in [-0.4, -0.2) is 30.6 Å². The number of anilines is 1. The number of carbonyl (C=O) groups excluding carboxylic acids is 1. The maximum atomic E-state index is 12.4. The topological polar surface area (TPSA) is 40.5 Å². The number of fused-ring (bicyclic) bond motifs is 5. The van der Waals surface area contributed by atoms with Gasteiger partial charge in [0.25, 0.3) is 0 Å². The van der Waals surface area contributed by atoms with Gasteiger partial charge in [0, 0.05) is 26.2 Å². The number of rotatable bonds is 5. The fraction of sp³-hybridized carbons (Fsp3) is 0.719. The van der Waals surface area contributed by atoms with Crippen LogP contribution >= 0.6 is 0 Å². The molecule has 0 aromatic heterocycles. The molecule has 3 heteroatoms. The van der Waals surface area contributed by atoms with Gasteiger partial charge in [-0.15, -0.1) is 0 Å². The Morgan fingerprint density at radius 1 is 1.06 bits per heavy atom. The third kappa shape index (κ3) is 3.92. The second-order valence-electron chi connectivity index (χ2n) is 13.6. The largest absolute Gasteiger partial charge is 0.389 e. The molecule has 1 N–H and O–H groups in total. The highest BCUT2D eigenvalue weighted by Crippen LogP contribution is 2.71. The summed E-state index contributed by atoms with van der Waals surface area (Å²) < 4.78 is 0. The lowest BCUT2D eigenvalue weighted by atomic mass is 9.42. The summed E-state index contributed by atoms with van der Waals surface area (Å²) in [5.41, 5.74) is 3.58. The van der Waals surface area contributed by atoms with Gasteiger partial charge in [-0.1, -0.05) is 45.4 Å². The Hall–Kier alpha value is -1.61. The van der Waals surface area contributed by atoms with Crippen molar-refractivity contribution >= 4 is 11.5 Å². The van der Waals surface area contributed by atoms with Gasteiger partial charge < -0.3 is 10.0 Å². The average Bonchev–Trinajstić information content (AvgIpc) is 3.08. The molecule has 1 aromatic carbocycles. The molecule has 4 aliphatic rings. The molecule has 3 saturated carbocycles. The smallest absolute Gasteiger partial charge is 0.155 e. The Balaban J connectivity index is 1.59. The Morgan fingerprint density at radius 3 is 2.43 bits per heavy atom. The SMILES string of the molecule is CC(C)CC[C@]1(O)CC[C@H]2[C@@H]3CCC4=CC(=O)CC[C@]4(C)C3[C@@H](c3ccc(N(C)C)cc3)C[C@@]21C. The van der Waals surface area contributed by atoms with Crippen molar-refractivity contribution in [2.45, 2.75) is 97.0 Å². The quantitative estimate of drug-likeness (QED) is 0.490. The van der Waals surface area contributed by atoms with E-state index in [0.29, 0.717) is 41.8 Å². The molecule has 0 saturated heterocycles. The van der Waals surface area contributed by atoms with Crippen LogP contribution < -0.4 is 4.90 Å². The second kappa shape index (κ2) is 8.75. The number of nitrogens with zero attached hydrogens (tertiary/aromatic N) is 1. The molecule has 1 unspecified atom stereocenters. The van der Waals surface area contributed by atoms with Gasteiger partial charge in [-0.3, -0.25) is 4.79 Å². The molecule has 192 valence electrons. The number of ketones is 1. The molecule has 7 atom stereocenters. The number of benzene rings is 1. The first-order valence-electron chi connectivity index (χ1n) is 14.2. The van der Waals surface area contributed by atoms with Crippen molar-refractivity contribution in [3.63, 3.8) is 0 Å². The van der Waals surface area contributed by atoms with Gasteiger partial charge in [-0.05, 0) is 116 Å². The van der Waals surface area contributed by atoms with E-state index in [1.165, 1.54) is 23.2 Å². The first-order valence-corrected chi connectivity index (χ1v) is 14.2. The zero-order valence-electron chi connectivity index (χ0n) is 22.9. The highest BCUT2D eigenvalue weighted by molar-refractivity contribution is 5.91.